The van der Waals surface area contributed by atoms with Crippen LogP contribution in [0.5, 0.6) is 28.7 Å². The van der Waals surface area contributed by atoms with Gasteiger partial charge in [0.15, 0.2) is 23.5 Å². The molecule has 0 aliphatic carbocycles. The first-order chi connectivity index (χ1) is 20.2. The first-order valence-electron chi connectivity index (χ1n) is 12.9. The zero-order valence-corrected chi connectivity index (χ0v) is 22.5. The Morgan fingerprint density at radius 3 is 2.23 bits per heavy atom. The minimum atomic E-state index is -2.09. The Morgan fingerprint density at radius 2 is 1.58 bits per heavy atom. The summed E-state index contributed by atoms with van der Waals surface area (Å²) in [4.78, 5) is 13.6. The summed E-state index contributed by atoms with van der Waals surface area (Å²) in [6, 6.07) is 5.21. The molecule has 3 aromatic rings. The molecule has 0 spiro atoms. The summed E-state index contributed by atoms with van der Waals surface area (Å²) in [5.74, 6) is -3.30. The molecule has 1 aliphatic heterocycles. The summed E-state index contributed by atoms with van der Waals surface area (Å²) < 4.78 is 22.4. The van der Waals surface area contributed by atoms with Crippen LogP contribution in [0.2, 0.25) is 0 Å². The van der Waals surface area contributed by atoms with Crippen molar-refractivity contribution in [2.24, 2.45) is 0 Å². The molecule has 2 aromatic carbocycles. The predicted octanol–water partition coefficient (Wildman–Crippen LogP) is -2.05. The Bertz CT molecular complexity index is 1490. The molecule has 1 saturated heterocycles. The van der Waals surface area contributed by atoms with Crippen LogP contribution in [0, 0.1) is 0 Å². The number of ether oxygens (including phenoxy) is 3. The lowest BCUT2D eigenvalue weighted by Crippen LogP contribution is -2.59. The first kappa shape index (κ1) is 32.2. The van der Waals surface area contributed by atoms with Crippen LogP contribution in [-0.4, -0.2) is 125 Å². The van der Waals surface area contributed by atoms with E-state index in [0.717, 1.165) is 24.3 Å². The van der Waals surface area contributed by atoms with Crippen molar-refractivity contribution in [2.75, 3.05) is 13.2 Å². The van der Waals surface area contributed by atoms with E-state index >= 15 is 0 Å². The third kappa shape index (κ3) is 6.47. The van der Waals surface area contributed by atoms with Crippen molar-refractivity contribution in [1.29, 1.82) is 0 Å². The monoisotopic (exact) mass is 612 g/mol. The van der Waals surface area contributed by atoms with E-state index in [9.17, 15) is 61.0 Å². The van der Waals surface area contributed by atoms with E-state index in [2.05, 4.69) is 0 Å². The molecule has 8 unspecified atom stereocenters. The van der Waals surface area contributed by atoms with Gasteiger partial charge in [0.1, 0.15) is 71.8 Å². The number of aromatic hydroxyl groups is 4. The van der Waals surface area contributed by atoms with Crippen molar-refractivity contribution in [1.82, 2.24) is 0 Å². The fraction of sp³-hybridized carbons (Fsp3) is 0.444. The Balaban J connectivity index is 1.77. The Kier molecular flexibility index (Phi) is 9.65. The van der Waals surface area contributed by atoms with Gasteiger partial charge in [-0.05, 0) is 25.1 Å². The van der Waals surface area contributed by atoms with E-state index in [1.165, 1.54) is 13.0 Å². The highest BCUT2D eigenvalue weighted by Crippen LogP contribution is 2.38. The van der Waals surface area contributed by atoms with Crippen molar-refractivity contribution in [2.45, 2.75) is 62.0 Å². The first-order valence-corrected chi connectivity index (χ1v) is 12.9. The molecule has 16 nitrogen and oxygen atoms in total. The minimum Gasteiger partial charge on any atom is -0.508 e. The van der Waals surface area contributed by atoms with E-state index < -0.39 is 108 Å². The van der Waals surface area contributed by atoms with E-state index in [-0.39, 0.29) is 16.9 Å². The molecule has 43 heavy (non-hydrogen) atoms. The SMILES string of the molecule is CC1OC(O[C@H](COc2c(-c3ccc(O)c(O)c3)oc3cc(O)cc(O)c3c2=O)C(O)C(O)C(O)CO)C(O)C(O)C1O. The standard InChI is InChI=1S/C27H32O16/c1-9-19(34)23(38)24(39)27(41-9)43-17(21(36)20(35)15(33)7-28)8-40-26-22(37)18-14(32)5-11(29)6-16(18)42-25(26)10-2-3-12(30)13(31)4-10/h2-6,9,15,17,19-21,23-24,27-36,38-39H,7-8H2,1H3/t9?,15?,17-,19?,20?,21?,23?,24?,27?/m1/s1. The van der Waals surface area contributed by atoms with Gasteiger partial charge in [-0.25, -0.2) is 0 Å². The summed E-state index contributed by atoms with van der Waals surface area (Å²) in [6.45, 7) is -0.500. The van der Waals surface area contributed by atoms with Crippen LogP contribution >= 0.6 is 0 Å². The van der Waals surface area contributed by atoms with Crippen LogP contribution in [-0.2, 0) is 9.47 Å². The van der Waals surface area contributed by atoms with Crippen LogP contribution in [0.3, 0.4) is 0 Å². The molecule has 0 bridgehead atoms. The number of benzene rings is 2. The zero-order chi connectivity index (χ0) is 31.7. The molecule has 11 N–H and O–H groups in total. The number of phenols is 4. The van der Waals surface area contributed by atoms with Crippen LogP contribution < -0.4 is 10.2 Å². The average Bonchev–Trinajstić information content (AvgIpc) is 2.96. The lowest BCUT2D eigenvalue weighted by atomic mass is 9.99. The molecule has 0 amide bonds. The predicted molar refractivity (Wildman–Crippen MR) is 142 cm³/mol. The van der Waals surface area contributed by atoms with Gasteiger partial charge in [-0.3, -0.25) is 4.79 Å². The zero-order valence-electron chi connectivity index (χ0n) is 22.5. The second-order valence-corrected chi connectivity index (χ2v) is 10.0. The Labute approximate surface area is 242 Å². The van der Waals surface area contributed by atoms with Crippen LogP contribution in [0.25, 0.3) is 22.3 Å². The summed E-state index contributed by atoms with van der Waals surface area (Å²) >= 11 is 0. The van der Waals surface area contributed by atoms with Crippen molar-refractivity contribution >= 4 is 11.0 Å². The van der Waals surface area contributed by atoms with Crippen molar-refractivity contribution in [3.05, 3.63) is 40.6 Å². The van der Waals surface area contributed by atoms with E-state index in [1.807, 2.05) is 0 Å². The van der Waals surface area contributed by atoms with Gasteiger partial charge in [0.05, 0.1) is 12.7 Å². The highest BCUT2D eigenvalue weighted by atomic mass is 16.7. The molecule has 1 fully saturated rings. The fourth-order valence-electron chi connectivity index (χ4n) is 4.49. The van der Waals surface area contributed by atoms with Crippen molar-refractivity contribution in [3.8, 4) is 40.1 Å². The number of rotatable bonds is 10. The van der Waals surface area contributed by atoms with E-state index in [4.69, 9.17) is 18.6 Å². The highest BCUT2D eigenvalue weighted by Gasteiger charge is 2.45. The largest absolute Gasteiger partial charge is 0.508 e. The number of fused-ring (bicyclic) bond motifs is 1. The molecule has 1 aromatic heterocycles. The van der Waals surface area contributed by atoms with Crippen molar-refractivity contribution in [3.63, 3.8) is 0 Å². The quantitative estimate of drug-likeness (QED) is 0.110. The second kappa shape index (κ2) is 12.9. The molecule has 9 atom stereocenters. The van der Waals surface area contributed by atoms with E-state index in [0.29, 0.717) is 0 Å². The van der Waals surface area contributed by atoms with Gasteiger partial charge >= 0.3 is 0 Å². The number of phenolic OH excluding ortho intramolecular Hbond substituents is 4. The third-order valence-corrected chi connectivity index (χ3v) is 6.98. The lowest BCUT2D eigenvalue weighted by Gasteiger charge is -2.41. The van der Waals surface area contributed by atoms with Crippen LogP contribution in [0.4, 0.5) is 0 Å². The summed E-state index contributed by atoms with van der Waals surface area (Å²) in [5, 5.41) is 110. The highest BCUT2D eigenvalue weighted by molar-refractivity contribution is 5.88. The van der Waals surface area contributed by atoms with E-state index in [1.54, 1.807) is 0 Å². The topological polar surface area (TPSA) is 280 Å². The molecule has 2 heterocycles. The normalized spacial score (nSPS) is 25.3. The Hall–Kier alpha value is -3.71. The van der Waals surface area contributed by atoms with Gasteiger partial charge in [-0.2, -0.15) is 0 Å². The molecule has 16 heteroatoms. The number of hydrogen-bond acceptors (Lipinski definition) is 16. The van der Waals surface area contributed by atoms with Gasteiger partial charge in [-0.1, -0.05) is 0 Å². The van der Waals surface area contributed by atoms with Gasteiger partial charge < -0.3 is 74.8 Å². The summed E-state index contributed by atoms with van der Waals surface area (Å²) in [7, 11) is 0. The Morgan fingerprint density at radius 1 is 0.884 bits per heavy atom. The maximum atomic E-state index is 13.6. The number of aliphatic hydroxyl groups is 7. The van der Waals surface area contributed by atoms with Crippen molar-refractivity contribution < 1.29 is 74.8 Å². The van der Waals surface area contributed by atoms with Crippen LogP contribution in [0.15, 0.2) is 39.5 Å². The average molecular weight is 613 g/mol. The van der Waals surface area contributed by atoms with Gasteiger partial charge in [0.25, 0.3) is 0 Å². The molecule has 0 radical (unpaired) electrons. The summed E-state index contributed by atoms with van der Waals surface area (Å²) in [6.07, 6.45) is -15.7. The maximum absolute atomic E-state index is 13.6. The third-order valence-electron chi connectivity index (χ3n) is 6.98. The molecular formula is C27H32O16. The van der Waals surface area contributed by atoms with Crippen LogP contribution in [0.1, 0.15) is 6.92 Å². The lowest BCUT2D eigenvalue weighted by molar-refractivity contribution is -0.315. The molecule has 236 valence electrons. The number of aliphatic hydroxyl groups excluding tert-OH is 7. The van der Waals surface area contributed by atoms with Gasteiger partial charge in [0, 0.05) is 17.7 Å². The smallest absolute Gasteiger partial charge is 0.239 e. The molecular weight excluding hydrogens is 580 g/mol. The molecule has 1 aliphatic rings. The minimum absolute atomic E-state index is 0.0298. The second-order valence-electron chi connectivity index (χ2n) is 10.0. The molecule has 4 rings (SSSR count). The number of hydrogen-bond donors (Lipinski definition) is 11. The maximum Gasteiger partial charge on any atom is 0.239 e. The molecule has 0 saturated carbocycles. The van der Waals surface area contributed by atoms with Gasteiger partial charge in [0.2, 0.25) is 11.2 Å². The fourth-order valence-corrected chi connectivity index (χ4v) is 4.49. The summed E-state index contributed by atoms with van der Waals surface area (Å²) in [5.41, 5.74) is -1.34. The van der Waals surface area contributed by atoms with Gasteiger partial charge in [-0.15, -0.1) is 0 Å².